The summed E-state index contributed by atoms with van der Waals surface area (Å²) in [5.74, 6) is -4.41. The van der Waals surface area contributed by atoms with E-state index in [1.54, 1.807) is 42.5 Å². The molecule has 8 heteroatoms. The molecule has 3 N–H and O–H groups in total. The van der Waals surface area contributed by atoms with E-state index in [4.69, 9.17) is 4.74 Å². The van der Waals surface area contributed by atoms with Crippen LogP contribution < -0.4 is 10.1 Å². The summed E-state index contributed by atoms with van der Waals surface area (Å²) in [7, 11) is 1.41. The van der Waals surface area contributed by atoms with Crippen molar-refractivity contribution in [2.45, 2.75) is 24.5 Å². The van der Waals surface area contributed by atoms with E-state index in [-0.39, 0.29) is 24.5 Å². The van der Waals surface area contributed by atoms with E-state index in [1.807, 2.05) is 36.4 Å². The first kappa shape index (κ1) is 23.6. The largest absolute Gasteiger partial charge is 0.504 e. The third kappa shape index (κ3) is 3.70. The molecule has 2 aliphatic heterocycles. The monoisotopic (exact) mass is 486 g/mol. The average Bonchev–Trinajstić information content (AvgIpc) is 3.35. The Morgan fingerprint density at radius 2 is 1.58 bits per heavy atom. The molecule has 2 aliphatic rings. The van der Waals surface area contributed by atoms with Gasteiger partial charge in [-0.15, -0.1) is 0 Å². The number of carboxylic acids is 1. The Morgan fingerprint density at radius 1 is 0.944 bits per heavy atom. The number of amides is 2. The quantitative estimate of drug-likeness (QED) is 0.440. The second kappa shape index (κ2) is 9.13. The summed E-state index contributed by atoms with van der Waals surface area (Å²) in [6.07, 6.45) is -0.0102. The van der Waals surface area contributed by atoms with Crippen molar-refractivity contribution in [3.8, 4) is 11.5 Å². The van der Waals surface area contributed by atoms with Crippen LogP contribution >= 0.6 is 0 Å². The maximum Gasteiger partial charge on any atom is 0.325 e. The number of fused-ring (bicyclic) bond motifs is 1. The highest BCUT2D eigenvalue weighted by Gasteiger charge is 2.68. The number of aliphatic carboxylic acids is 1. The Hall–Kier alpha value is -4.17. The number of para-hydroxylation sites is 1. The van der Waals surface area contributed by atoms with Crippen LogP contribution in [0.1, 0.15) is 22.7 Å². The molecule has 0 spiro atoms. The maximum absolute atomic E-state index is 13.8. The zero-order chi connectivity index (χ0) is 25.4. The molecule has 8 nitrogen and oxygen atoms in total. The number of phenolic OH excluding ortho intramolecular Hbond substituents is 1. The molecular formula is C28H26N2O6. The normalized spacial score (nSPS) is 25.1. The molecule has 2 heterocycles. The number of methoxy groups -OCH3 is 1. The molecule has 4 unspecified atom stereocenters. The van der Waals surface area contributed by atoms with Crippen molar-refractivity contribution in [1.82, 2.24) is 10.2 Å². The molecule has 0 radical (unpaired) electrons. The standard InChI is InChI=1S/C28H26N2O6/c1-36-20-14-8-13-19(24(20)31)23-21-22(26(33)30(25(21)32)16-18-11-6-3-7-12-18)28(29-23,27(34)35)15-17-9-4-2-5-10-17/h2-14,21-23,29,31H,15-16H2,1H3,(H,34,35). The van der Waals surface area contributed by atoms with E-state index in [2.05, 4.69) is 5.32 Å². The van der Waals surface area contributed by atoms with Crippen LogP contribution in [0.3, 0.4) is 0 Å². The number of likely N-dealkylation sites (tertiary alicyclic amines) is 1. The van der Waals surface area contributed by atoms with Crippen molar-refractivity contribution in [3.63, 3.8) is 0 Å². The number of ether oxygens (including phenoxy) is 1. The van der Waals surface area contributed by atoms with Crippen LogP contribution in [-0.2, 0) is 27.3 Å². The van der Waals surface area contributed by atoms with Gasteiger partial charge in [-0.05, 0) is 17.2 Å². The van der Waals surface area contributed by atoms with E-state index >= 15 is 0 Å². The maximum atomic E-state index is 13.8. The molecule has 36 heavy (non-hydrogen) atoms. The Bertz CT molecular complexity index is 1310. The fraction of sp³-hybridized carbons (Fsp3) is 0.250. The highest BCUT2D eigenvalue weighted by atomic mass is 16.5. The smallest absolute Gasteiger partial charge is 0.325 e. The van der Waals surface area contributed by atoms with Crippen LogP contribution in [-0.4, -0.2) is 45.5 Å². The summed E-state index contributed by atoms with van der Waals surface area (Å²) in [6.45, 7) is 0.0450. The van der Waals surface area contributed by atoms with Crippen molar-refractivity contribution in [3.05, 3.63) is 95.6 Å². The van der Waals surface area contributed by atoms with Crippen molar-refractivity contribution in [2.24, 2.45) is 11.8 Å². The molecule has 2 amide bonds. The van der Waals surface area contributed by atoms with Gasteiger partial charge in [0.05, 0.1) is 25.5 Å². The third-order valence-corrected chi connectivity index (χ3v) is 7.22. The summed E-state index contributed by atoms with van der Waals surface area (Å²) in [4.78, 5) is 41.7. The van der Waals surface area contributed by atoms with E-state index in [9.17, 15) is 24.6 Å². The van der Waals surface area contributed by atoms with E-state index in [0.29, 0.717) is 11.1 Å². The lowest BCUT2D eigenvalue weighted by molar-refractivity contribution is -0.151. The first-order valence-electron chi connectivity index (χ1n) is 11.7. The van der Waals surface area contributed by atoms with Gasteiger partial charge in [0.1, 0.15) is 5.54 Å². The lowest BCUT2D eigenvalue weighted by atomic mass is 9.76. The minimum Gasteiger partial charge on any atom is -0.504 e. The number of aromatic hydroxyl groups is 1. The highest BCUT2D eigenvalue weighted by Crippen LogP contribution is 2.52. The third-order valence-electron chi connectivity index (χ3n) is 7.22. The molecule has 0 bridgehead atoms. The van der Waals surface area contributed by atoms with Crippen molar-refractivity contribution >= 4 is 17.8 Å². The van der Waals surface area contributed by atoms with Gasteiger partial charge in [-0.25, -0.2) is 0 Å². The Balaban J connectivity index is 1.64. The lowest BCUT2D eigenvalue weighted by Crippen LogP contribution is -2.57. The number of rotatable bonds is 7. The molecule has 2 fully saturated rings. The number of hydrogen-bond donors (Lipinski definition) is 3. The number of nitrogens with zero attached hydrogens (tertiary/aromatic N) is 1. The Morgan fingerprint density at radius 3 is 2.19 bits per heavy atom. The first-order valence-corrected chi connectivity index (χ1v) is 11.7. The first-order chi connectivity index (χ1) is 17.4. The van der Waals surface area contributed by atoms with Gasteiger partial charge in [0.2, 0.25) is 11.8 Å². The SMILES string of the molecule is COc1cccc(C2NC(Cc3ccccc3)(C(=O)O)C3C(=O)N(Cc4ccccc4)C(=O)C23)c1O. The van der Waals surface area contributed by atoms with Crippen LogP contribution in [0.5, 0.6) is 11.5 Å². The van der Waals surface area contributed by atoms with E-state index < -0.39 is 41.2 Å². The molecule has 2 saturated heterocycles. The molecular weight excluding hydrogens is 460 g/mol. The summed E-state index contributed by atoms with van der Waals surface area (Å²) >= 11 is 0. The minimum atomic E-state index is -1.76. The van der Waals surface area contributed by atoms with Crippen LogP contribution in [0.15, 0.2) is 78.9 Å². The number of imide groups is 1. The summed E-state index contributed by atoms with van der Waals surface area (Å²) in [5.41, 5.74) is 0.0215. The van der Waals surface area contributed by atoms with Gasteiger partial charge in [-0.3, -0.25) is 24.6 Å². The topological polar surface area (TPSA) is 116 Å². The Kier molecular flexibility index (Phi) is 5.97. The van der Waals surface area contributed by atoms with Gasteiger partial charge < -0.3 is 14.9 Å². The van der Waals surface area contributed by atoms with Gasteiger partial charge in [0.15, 0.2) is 11.5 Å². The highest BCUT2D eigenvalue weighted by molar-refractivity contribution is 6.09. The summed E-state index contributed by atoms with van der Waals surface area (Å²) in [6, 6.07) is 22.0. The predicted molar refractivity (Wildman–Crippen MR) is 130 cm³/mol. The number of phenols is 1. The van der Waals surface area contributed by atoms with E-state index in [0.717, 1.165) is 10.5 Å². The number of benzene rings is 3. The number of hydrogen-bond acceptors (Lipinski definition) is 6. The fourth-order valence-corrected chi connectivity index (χ4v) is 5.56. The number of nitrogens with one attached hydrogen (secondary N) is 1. The van der Waals surface area contributed by atoms with Gasteiger partial charge in [0.25, 0.3) is 0 Å². The van der Waals surface area contributed by atoms with Gasteiger partial charge >= 0.3 is 5.97 Å². The molecule has 0 aliphatic carbocycles. The molecule has 184 valence electrons. The van der Waals surface area contributed by atoms with Crippen molar-refractivity contribution in [2.75, 3.05) is 7.11 Å². The summed E-state index contributed by atoms with van der Waals surface area (Å²) in [5, 5.41) is 24.6. The second-order valence-corrected chi connectivity index (χ2v) is 9.21. The second-order valence-electron chi connectivity index (χ2n) is 9.21. The minimum absolute atomic E-state index is 0.0102. The molecule has 5 rings (SSSR count). The number of carbonyl (C=O) groups excluding carboxylic acids is 2. The van der Waals surface area contributed by atoms with Crippen molar-refractivity contribution in [1.29, 1.82) is 0 Å². The molecule has 3 aromatic rings. The molecule has 4 atom stereocenters. The fourth-order valence-electron chi connectivity index (χ4n) is 5.56. The van der Waals surface area contributed by atoms with Crippen molar-refractivity contribution < 1.29 is 29.3 Å². The van der Waals surface area contributed by atoms with E-state index in [1.165, 1.54) is 7.11 Å². The van der Waals surface area contributed by atoms with Gasteiger partial charge in [-0.2, -0.15) is 0 Å². The Labute approximate surface area is 208 Å². The predicted octanol–water partition coefficient (Wildman–Crippen LogP) is 2.91. The van der Waals surface area contributed by atoms with Gasteiger partial charge in [0, 0.05) is 18.0 Å². The molecule has 3 aromatic carbocycles. The van der Waals surface area contributed by atoms with Crippen LogP contribution in [0.2, 0.25) is 0 Å². The zero-order valence-corrected chi connectivity index (χ0v) is 19.6. The van der Waals surface area contributed by atoms with Crippen LogP contribution in [0.4, 0.5) is 0 Å². The molecule has 0 aromatic heterocycles. The number of carboxylic acid groups (broad SMARTS) is 1. The van der Waals surface area contributed by atoms with Crippen LogP contribution in [0.25, 0.3) is 0 Å². The zero-order valence-electron chi connectivity index (χ0n) is 19.6. The van der Waals surface area contributed by atoms with Gasteiger partial charge in [-0.1, -0.05) is 72.8 Å². The molecule has 0 saturated carbocycles. The average molecular weight is 487 g/mol. The lowest BCUT2D eigenvalue weighted by Gasteiger charge is -2.31. The summed E-state index contributed by atoms with van der Waals surface area (Å²) < 4.78 is 5.24. The number of carbonyl (C=O) groups is 3. The van der Waals surface area contributed by atoms with Crippen LogP contribution in [0, 0.1) is 11.8 Å².